The van der Waals surface area contributed by atoms with E-state index in [0.717, 1.165) is 11.1 Å². The van der Waals surface area contributed by atoms with Crippen molar-refractivity contribution >= 4 is 11.9 Å². The molecule has 0 aromatic rings. The molecule has 0 aliphatic carbocycles. The highest BCUT2D eigenvalue weighted by Gasteiger charge is 1.87. The van der Waals surface area contributed by atoms with E-state index < -0.39 is 0 Å². The Kier molecular flexibility index (Phi) is 4.11. The van der Waals surface area contributed by atoms with Crippen molar-refractivity contribution in [2.75, 3.05) is 0 Å². The van der Waals surface area contributed by atoms with Gasteiger partial charge in [0.1, 0.15) is 0 Å². The van der Waals surface area contributed by atoms with Gasteiger partial charge in [-0.1, -0.05) is 12.2 Å². The van der Waals surface area contributed by atoms with E-state index in [0.29, 0.717) is 5.71 Å². The fourth-order valence-corrected chi connectivity index (χ4v) is 0.430. The van der Waals surface area contributed by atoms with Crippen molar-refractivity contribution < 1.29 is 0 Å². The molecule has 0 rings (SSSR count). The van der Waals surface area contributed by atoms with Crippen LogP contribution in [-0.4, -0.2) is 11.9 Å². The van der Waals surface area contributed by atoms with Crippen LogP contribution in [0, 0.1) is 10.8 Å². The molecule has 2 nitrogen and oxygen atoms in total. The topological polar surface area (TPSA) is 47.7 Å². The summed E-state index contributed by atoms with van der Waals surface area (Å²) in [7, 11) is 0. The molecular weight excluding hydrogens is 136 g/mol. The fourth-order valence-electron chi connectivity index (χ4n) is 0.430. The van der Waals surface area contributed by atoms with E-state index in [1.807, 2.05) is 26.0 Å². The van der Waals surface area contributed by atoms with Crippen LogP contribution in [0.25, 0.3) is 0 Å². The quantitative estimate of drug-likeness (QED) is 0.459. The Morgan fingerprint density at radius 2 is 1.64 bits per heavy atom. The standard InChI is InChI=1S/C9H14N2/c1-7(6-10)4-5-8(2)9(3)11/h4-6,10-11H,1-3H3/b7-4-,8-5-,10-6?,11-9?. The zero-order valence-electron chi connectivity index (χ0n) is 7.23. The molecule has 2 N–H and O–H groups in total. The van der Waals surface area contributed by atoms with E-state index in [4.69, 9.17) is 10.8 Å². The van der Waals surface area contributed by atoms with Crippen LogP contribution < -0.4 is 0 Å². The van der Waals surface area contributed by atoms with Gasteiger partial charge in [-0.2, -0.15) is 0 Å². The average Bonchev–Trinajstić information content (AvgIpc) is 1.99. The molecule has 0 unspecified atom stereocenters. The van der Waals surface area contributed by atoms with Gasteiger partial charge >= 0.3 is 0 Å². The van der Waals surface area contributed by atoms with Gasteiger partial charge in [-0.05, 0) is 31.9 Å². The number of rotatable bonds is 3. The predicted molar refractivity (Wildman–Crippen MR) is 49.7 cm³/mol. The third kappa shape index (κ3) is 4.25. The lowest BCUT2D eigenvalue weighted by molar-refractivity contribution is 1.41. The molecule has 0 bridgehead atoms. The first-order chi connectivity index (χ1) is 5.07. The van der Waals surface area contributed by atoms with E-state index in [2.05, 4.69) is 0 Å². The maximum atomic E-state index is 7.25. The van der Waals surface area contributed by atoms with Crippen molar-refractivity contribution in [3.05, 3.63) is 23.3 Å². The molecule has 0 fully saturated rings. The molecule has 0 aliphatic rings. The highest BCUT2D eigenvalue weighted by atomic mass is 14.4. The van der Waals surface area contributed by atoms with Crippen LogP contribution in [-0.2, 0) is 0 Å². The molecule has 0 aromatic heterocycles. The molecule has 0 aromatic carbocycles. The summed E-state index contributed by atoms with van der Waals surface area (Å²) in [6.45, 7) is 5.49. The highest BCUT2D eigenvalue weighted by Crippen LogP contribution is 1.96. The van der Waals surface area contributed by atoms with Gasteiger partial charge in [0.05, 0.1) is 0 Å². The van der Waals surface area contributed by atoms with E-state index in [1.54, 1.807) is 6.92 Å². The Labute approximate surface area is 67.7 Å². The van der Waals surface area contributed by atoms with E-state index in [-0.39, 0.29) is 0 Å². The molecule has 0 heterocycles. The minimum absolute atomic E-state index is 0.569. The van der Waals surface area contributed by atoms with Crippen LogP contribution in [0.3, 0.4) is 0 Å². The van der Waals surface area contributed by atoms with E-state index in [1.165, 1.54) is 6.21 Å². The molecule has 0 saturated heterocycles. The van der Waals surface area contributed by atoms with Crippen LogP contribution in [0.4, 0.5) is 0 Å². The molecule has 0 aliphatic heterocycles. The normalized spacial score (nSPS) is 13.0. The first-order valence-corrected chi connectivity index (χ1v) is 3.49. The Hall–Kier alpha value is -1.18. The molecule has 0 saturated carbocycles. The van der Waals surface area contributed by atoms with Gasteiger partial charge < -0.3 is 10.8 Å². The lowest BCUT2D eigenvalue weighted by Crippen LogP contribution is -1.88. The second-order valence-corrected chi connectivity index (χ2v) is 2.53. The number of nitrogens with one attached hydrogen (secondary N) is 2. The van der Waals surface area contributed by atoms with E-state index in [9.17, 15) is 0 Å². The second-order valence-electron chi connectivity index (χ2n) is 2.53. The molecule has 0 radical (unpaired) electrons. The van der Waals surface area contributed by atoms with Crippen LogP contribution in [0.5, 0.6) is 0 Å². The second kappa shape index (κ2) is 4.61. The fraction of sp³-hybridized carbons (Fsp3) is 0.333. The van der Waals surface area contributed by atoms with E-state index >= 15 is 0 Å². The van der Waals surface area contributed by atoms with Crippen molar-refractivity contribution in [2.45, 2.75) is 20.8 Å². The average molecular weight is 150 g/mol. The van der Waals surface area contributed by atoms with Crippen molar-refractivity contribution in [1.29, 1.82) is 10.8 Å². The summed E-state index contributed by atoms with van der Waals surface area (Å²) >= 11 is 0. The van der Waals surface area contributed by atoms with Crippen LogP contribution >= 0.6 is 0 Å². The van der Waals surface area contributed by atoms with Gasteiger partial charge in [-0.3, -0.25) is 0 Å². The minimum Gasteiger partial charge on any atom is -0.308 e. The van der Waals surface area contributed by atoms with Gasteiger partial charge in [0.2, 0.25) is 0 Å². The zero-order valence-corrected chi connectivity index (χ0v) is 7.23. The first kappa shape index (κ1) is 9.82. The monoisotopic (exact) mass is 150 g/mol. The van der Waals surface area contributed by atoms with Crippen LogP contribution in [0.15, 0.2) is 23.3 Å². The molecule has 0 atom stereocenters. The predicted octanol–water partition coefficient (Wildman–Crippen LogP) is 2.57. The third-order valence-electron chi connectivity index (χ3n) is 1.42. The van der Waals surface area contributed by atoms with Crippen LogP contribution in [0.1, 0.15) is 20.8 Å². The molecule has 2 heteroatoms. The van der Waals surface area contributed by atoms with Gasteiger partial charge in [-0.25, -0.2) is 0 Å². The lowest BCUT2D eigenvalue weighted by atomic mass is 10.2. The molecule has 0 amide bonds. The maximum absolute atomic E-state index is 7.25. The number of hydrogen-bond donors (Lipinski definition) is 2. The van der Waals surface area contributed by atoms with Crippen molar-refractivity contribution in [3.8, 4) is 0 Å². The van der Waals surface area contributed by atoms with Gasteiger partial charge in [-0.15, -0.1) is 0 Å². The van der Waals surface area contributed by atoms with Gasteiger partial charge in [0.15, 0.2) is 0 Å². The summed E-state index contributed by atoms with van der Waals surface area (Å²) in [5, 5.41) is 14.1. The Morgan fingerprint density at radius 1 is 1.09 bits per heavy atom. The molecular formula is C9H14N2. The summed E-state index contributed by atoms with van der Waals surface area (Å²) in [6, 6.07) is 0. The summed E-state index contributed by atoms with van der Waals surface area (Å²) < 4.78 is 0. The van der Waals surface area contributed by atoms with Crippen LogP contribution in [0.2, 0.25) is 0 Å². The smallest absolute Gasteiger partial charge is 0.0312 e. The summed E-state index contributed by atoms with van der Waals surface area (Å²) in [5.41, 5.74) is 2.40. The highest BCUT2D eigenvalue weighted by molar-refractivity contribution is 5.95. The Balaban J connectivity index is 4.34. The summed E-state index contributed by atoms with van der Waals surface area (Å²) in [5.74, 6) is 0. The molecule has 11 heavy (non-hydrogen) atoms. The first-order valence-electron chi connectivity index (χ1n) is 3.49. The maximum Gasteiger partial charge on any atom is 0.0312 e. The third-order valence-corrected chi connectivity index (χ3v) is 1.42. The summed E-state index contributed by atoms with van der Waals surface area (Å²) in [4.78, 5) is 0. The van der Waals surface area contributed by atoms with Gasteiger partial charge in [0.25, 0.3) is 0 Å². The Bertz CT molecular complexity index is 222. The Morgan fingerprint density at radius 3 is 2.00 bits per heavy atom. The lowest BCUT2D eigenvalue weighted by Gasteiger charge is -1.93. The van der Waals surface area contributed by atoms with Crippen molar-refractivity contribution in [3.63, 3.8) is 0 Å². The summed E-state index contributed by atoms with van der Waals surface area (Å²) in [6.07, 6.45) is 4.98. The zero-order chi connectivity index (χ0) is 8.85. The number of allylic oxidation sites excluding steroid dienone is 4. The van der Waals surface area contributed by atoms with Gasteiger partial charge in [0, 0.05) is 11.9 Å². The minimum atomic E-state index is 0.569. The number of hydrogen-bond acceptors (Lipinski definition) is 2. The van der Waals surface area contributed by atoms with Crippen molar-refractivity contribution in [2.24, 2.45) is 0 Å². The largest absolute Gasteiger partial charge is 0.308 e. The van der Waals surface area contributed by atoms with Crippen molar-refractivity contribution in [1.82, 2.24) is 0 Å². The SMILES string of the molecule is CC(=N)/C(C)=C\C=C(\C)C=N. The molecule has 0 spiro atoms. The molecule has 60 valence electrons.